The predicted octanol–water partition coefficient (Wildman–Crippen LogP) is 2.25. The van der Waals surface area contributed by atoms with Gasteiger partial charge in [0, 0.05) is 17.9 Å². The average Bonchev–Trinajstić information content (AvgIpc) is 2.97. The number of hydrogen-bond donors (Lipinski definition) is 1. The Balaban J connectivity index is 2.17. The van der Waals surface area contributed by atoms with Crippen LogP contribution >= 0.6 is 0 Å². The second-order valence-corrected chi connectivity index (χ2v) is 8.89. The molecule has 25 heavy (non-hydrogen) atoms. The van der Waals surface area contributed by atoms with Gasteiger partial charge >= 0.3 is 13.2 Å². The molecule has 140 valence electrons. The van der Waals surface area contributed by atoms with Crippen molar-refractivity contribution in [1.29, 1.82) is 0 Å². The Morgan fingerprint density at radius 3 is 2.36 bits per heavy atom. The molecule has 2 N–H and O–H groups in total. The zero-order valence-electron chi connectivity index (χ0n) is 16.3. The number of amides is 1. The van der Waals surface area contributed by atoms with E-state index in [-0.39, 0.29) is 18.1 Å². The first-order valence-corrected chi connectivity index (χ1v) is 8.63. The van der Waals surface area contributed by atoms with Gasteiger partial charge in [0.15, 0.2) is 0 Å². The van der Waals surface area contributed by atoms with Gasteiger partial charge in [-0.2, -0.15) is 5.10 Å². The van der Waals surface area contributed by atoms with Crippen LogP contribution in [0.3, 0.4) is 0 Å². The molecule has 1 amide bonds. The highest BCUT2D eigenvalue weighted by Gasteiger charge is 2.52. The normalized spacial score (nSPS) is 20.5. The number of aromatic nitrogens is 2. The van der Waals surface area contributed by atoms with Gasteiger partial charge in [0.1, 0.15) is 6.61 Å². The van der Waals surface area contributed by atoms with Gasteiger partial charge in [-0.1, -0.05) is 20.8 Å². The third-order valence-electron chi connectivity index (χ3n) is 4.79. The molecular formula is C17H30BN3O4. The maximum atomic E-state index is 11.0. The lowest BCUT2D eigenvalue weighted by Crippen LogP contribution is -2.41. The smallest absolute Gasteiger partial charge is 0.447 e. The molecule has 0 bridgehead atoms. The molecule has 1 fully saturated rings. The van der Waals surface area contributed by atoms with Gasteiger partial charge < -0.3 is 19.8 Å². The number of carbonyl (C=O) groups is 1. The van der Waals surface area contributed by atoms with Gasteiger partial charge in [-0.05, 0) is 39.5 Å². The Morgan fingerprint density at radius 1 is 1.32 bits per heavy atom. The number of primary amides is 1. The van der Waals surface area contributed by atoms with Crippen LogP contribution in [0.4, 0.5) is 4.79 Å². The van der Waals surface area contributed by atoms with Crippen molar-refractivity contribution in [3.63, 3.8) is 0 Å². The number of rotatable bonds is 5. The van der Waals surface area contributed by atoms with Crippen LogP contribution in [0.15, 0.2) is 12.4 Å². The van der Waals surface area contributed by atoms with Crippen molar-refractivity contribution >= 4 is 18.7 Å². The second-order valence-electron chi connectivity index (χ2n) is 8.89. The molecule has 0 spiro atoms. The first kappa shape index (κ1) is 19.8. The van der Waals surface area contributed by atoms with E-state index in [4.69, 9.17) is 19.8 Å². The van der Waals surface area contributed by atoms with E-state index >= 15 is 0 Å². The summed E-state index contributed by atoms with van der Waals surface area (Å²) in [6.07, 6.45) is 3.63. The van der Waals surface area contributed by atoms with Gasteiger partial charge in [0.05, 0.1) is 17.2 Å². The van der Waals surface area contributed by atoms with Gasteiger partial charge in [-0.15, -0.1) is 0 Å². The lowest BCUT2D eigenvalue weighted by Gasteiger charge is -2.32. The molecule has 0 aliphatic carbocycles. The summed E-state index contributed by atoms with van der Waals surface area (Å²) in [4.78, 5) is 11.0. The van der Waals surface area contributed by atoms with E-state index in [1.54, 1.807) is 10.9 Å². The lowest BCUT2D eigenvalue weighted by molar-refractivity contribution is 0.00578. The van der Waals surface area contributed by atoms with Crippen molar-refractivity contribution < 1.29 is 18.8 Å². The lowest BCUT2D eigenvalue weighted by atomic mass is 9.82. The van der Waals surface area contributed by atoms with E-state index < -0.39 is 24.4 Å². The first-order valence-electron chi connectivity index (χ1n) is 8.63. The number of nitrogens with zero attached hydrogens (tertiary/aromatic N) is 2. The average molecular weight is 351 g/mol. The minimum absolute atomic E-state index is 0.0438. The molecule has 2 heterocycles. The fourth-order valence-electron chi connectivity index (χ4n) is 2.77. The van der Waals surface area contributed by atoms with Gasteiger partial charge in [0.2, 0.25) is 0 Å². The van der Waals surface area contributed by atoms with Crippen LogP contribution in [0.2, 0.25) is 0 Å². The molecule has 1 saturated heterocycles. The molecule has 1 aliphatic heterocycles. The van der Waals surface area contributed by atoms with Crippen LogP contribution in [0.25, 0.3) is 0 Å². The van der Waals surface area contributed by atoms with E-state index in [2.05, 4.69) is 25.9 Å². The van der Waals surface area contributed by atoms with Crippen molar-refractivity contribution in [2.75, 3.05) is 6.61 Å². The Morgan fingerprint density at radius 2 is 1.88 bits per heavy atom. The molecule has 7 nitrogen and oxygen atoms in total. The fraction of sp³-hybridized carbons (Fsp3) is 0.765. The maximum absolute atomic E-state index is 11.0. The minimum Gasteiger partial charge on any atom is -0.447 e. The quantitative estimate of drug-likeness (QED) is 0.822. The van der Waals surface area contributed by atoms with Crippen molar-refractivity contribution in [2.45, 2.75) is 72.1 Å². The maximum Gasteiger partial charge on any atom is 0.498 e. The summed E-state index contributed by atoms with van der Waals surface area (Å²) in [5.74, 6) is 0. The van der Waals surface area contributed by atoms with Gasteiger partial charge in [-0.3, -0.25) is 4.68 Å². The van der Waals surface area contributed by atoms with Crippen LogP contribution in [0.1, 0.15) is 60.9 Å². The SMILES string of the molecule is CC(C)(C)CC(COC(N)=O)n1cc(B2OC(C)(C)C(C)(C)O2)cn1. The van der Waals surface area contributed by atoms with Crippen LogP contribution in [0, 0.1) is 5.41 Å². The third kappa shape index (κ3) is 4.76. The van der Waals surface area contributed by atoms with Crippen molar-refractivity contribution in [2.24, 2.45) is 11.1 Å². The van der Waals surface area contributed by atoms with E-state index in [0.717, 1.165) is 11.9 Å². The van der Waals surface area contributed by atoms with Crippen molar-refractivity contribution in [1.82, 2.24) is 9.78 Å². The van der Waals surface area contributed by atoms with E-state index in [1.165, 1.54) is 0 Å². The monoisotopic (exact) mass is 351 g/mol. The highest BCUT2D eigenvalue weighted by molar-refractivity contribution is 6.62. The Bertz CT molecular complexity index is 606. The van der Waals surface area contributed by atoms with Crippen molar-refractivity contribution in [3.05, 3.63) is 12.4 Å². The van der Waals surface area contributed by atoms with Crippen LogP contribution in [-0.4, -0.2) is 40.8 Å². The fourth-order valence-corrected chi connectivity index (χ4v) is 2.77. The summed E-state index contributed by atoms with van der Waals surface area (Å²) in [6, 6.07) is -0.108. The Hall–Kier alpha value is -1.54. The Kier molecular flexibility index (Phi) is 5.26. The second kappa shape index (κ2) is 6.65. The van der Waals surface area contributed by atoms with Crippen molar-refractivity contribution in [3.8, 4) is 0 Å². The highest BCUT2D eigenvalue weighted by atomic mass is 16.7. The summed E-state index contributed by atoms with van der Waals surface area (Å²) in [6.45, 7) is 14.6. The number of hydrogen-bond acceptors (Lipinski definition) is 5. The summed E-state index contributed by atoms with van der Waals surface area (Å²) < 4.78 is 18.9. The molecule has 1 unspecified atom stereocenters. The summed E-state index contributed by atoms with van der Waals surface area (Å²) in [5, 5.41) is 4.44. The molecule has 8 heteroatoms. The zero-order chi connectivity index (χ0) is 19.0. The standard InChI is InChI=1S/C17H30BN3O4/c1-15(2,3)8-13(11-23-14(19)22)21-10-12(9-20-21)18-24-16(4,5)17(6,7)25-18/h9-10,13H,8,11H2,1-7H3,(H2,19,22). The minimum atomic E-state index is -0.780. The summed E-state index contributed by atoms with van der Waals surface area (Å²) >= 11 is 0. The van der Waals surface area contributed by atoms with Crippen LogP contribution in [-0.2, 0) is 14.0 Å². The molecule has 1 atom stereocenters. The van der Waals surface area contributed by atoms with Crippen LogP contribution in [0.5, 0.6) is 0 Å². The summed E-state index contributed by atoms with van der Waals surface area (Å²) in [5.41, 5.74) is 5.20. The molecule has 1 aromatic rings. The molecule has 1 aromatic heterocycles. The van der Waals surface area contributed by atoms with E-state index in [0.29, 0.717) is 0 Å². The van der Waals surface area contributed by atoms with Gasteiger partial charge in [-0.25, -0.2) is 4.79 Å². The van der Waals surface area contributed by atoms with E-state index in [1.807, 2.05) is 33.9 Å². The van der Waals surface area contributed by atoms with Crippen LogP contribution < -0.4 is 11.2 Å². The van der Waals surface area contributed by atoms with E-state index in [9.17, 15) is 4.79 Å². The third-order valence-corrected chi connectivity index (χ3v) is 4.79. The first-order chi connectivity index (χ1) is 11.3. The summed E-state index contributed by atoms with van der Waals surface area (Å²) in [7, 11) is -0.467. The molecule has 0 aromatic carbocycles. The number of ether oxygens (including phenoxy) is 1. The Labute approximate surface area is 150 Å². The molecule has 1 aliphatic rings. The highest BCUT2D eigenvalue weighted by Crippen LogP contribution is 2.36. The predicted molar refractivity (Wildman–Crippen MR) is 96.6 cm³/mol. The molecule has 2 rings (SSSR count). The molecule has 0 radical (unpaired) electrons. The number of carbonyl (C=O) groups excluding carboxylic acids is 1. The topological polar surface area (TPSA) is 88.6 Å². The molecular weight excluding hydrogens is 321 g/mol. The molecule has 0 saturated carbocycles. The number of nitrogens with two attached hydrogens (primary N) is 1. The van der Waals surface area contributed by atoms with Gasteiger partial charge in [0.25, 0.3) is 0 Å². The zero-order valence-corrected chi connectivity index (χ0v) is 16.3. The largest absolute Gasteiger partial charge is 0.498 e.